The Balaban J connectivity index is 1.46. The molecule has 0 saturated carbocycles. The van der Waals surface area contributed by atoms with E-state index in [9.17, 15) is 24.3 Å². The van der Waals surface area contributed by atoms with E-state index in [0.29, 0.717) is 27.9 Å². The van der Waals surface area contributed by atoms with Crippen molar-refractivity contribution in [3.05, 3.63) is 82.9 Å². The Morgan fingerprint density at radius 2 is 1.75 bits per heavy atom. The molecule has 6 rings (SSSR count). The summed E-state index contributed by atoms with van der Waals surface area (Å²) in [6, 6.07) is 14.0. The standard InChI is InChI=1S/C35H38BrN3O9/c1-45-20-25-29(21-9-5-3-6-10-21)47-34(44)27-28-32(42)39(17-18-40)31(35(28)19-24(36)30(27)48-35)33(43)38(16-8-4-7-11-26(41)37-25)22-12-14-23(46-2)15-13-22/h3-6,8-10,12-15,19,25,27-31,40H,7,11,16-18,20H2,1-2H3,(H,37,41)/b8-4-/t25-,27+,28-,29-,30+,31+,35-/m0/s1. The molecule has 4 aliphatic rings. The van der Waals surface area contributed by atoms with Crippen molar-refractivity contribution >= 4 is 45.3 Å². The molecular formula is C35H38BrN3O9. The molecule has 2 fully saturated rings. The molecule has 7 atom stereocenters. The number of hydrogen-bond acceptors (Lipinski definition) is 9. The zero-order chi connectivity index (χ0) is 34.0. The van der Waals surface area contributed by atoms with Gasteiger partial charge in [0.25, 0.3) is 5.91 Å². The molecule has 3 amide bonds. The van der Waals surface area contributed by atoms with E-state index in [0.717, 1.165) is 0 Å². The van der Waals surface area contributed by atoms with Gasteiger partial charge in [-0.2, -0.15) is 0 Å². The average Bonchev–Trinajstić information content (AvgIpc) is 3.68. The highest BCUT2D eigenvalue weighted by atomic mass is 79.9. The van der Waals surface area contributed by atoms with Crippen LogP contribution < -0.4 is 15.0 Å². The number of fused-ring (bicyclic) bond motifs is 2. The molecule has 2 aromatic carbocycles. The minimum absolute atomic E-state index is 0.0482. The number of rotatable bonds is 7. The topological polar surface area (TPSA) is 144 Å². The summed E-state index contributed by atoms with van der Waals surface area (Å²) in [6.45, 7) is -0.381. The van der Waals surface area contributed by atoms with E-state index in [-0.39, 0.29) is 32.0 Å². The van der Waals surface area contributed by atoms with Gasteiger partial charge in [-0.3, -0.25) is 19.2 Å². The lowest BCUT2D eigenvalue weighted by molar-refractivity contribution is -0.162. The van der Waals surface area contributed by atoms with Crippen molar-refractivity contribution in [2.45, 2.75) is 42.7 Å². The molecule has 0 aromatic heterocycles. The summed E-state index contributed by atoms with van der Waals surface area (Å²) < 4.78 is 24.1. The lowest BCUT2D eigenvalue weighted by Gasteiger charge is -2.35. The fourth-order valence-electron chi connectivity index (χ4n) is 7.25. The first-order valence-electron chi connectivity index (χ1n) is 15.9. The highest BCUT2D eigenvalue weighted by molar-refractivity contribution is 9.11. The normalized spacial score (nSPS) is 31.3. The van der Waals surface area contributed by atoms with E-state index in [1.807, 2.05) is 12.1 Å². The number of aliphatic hydroxyl groups excluding tert-OH is 1. The van der Waals surface area contributed by atoms with Gasteiger partial charge in [0.2, 0.25) is 11.8 Å². The monoisotopic (exact) mass is 723 g/mol. The Bertz CT molecular complexity index is 1600. The van der Waals surface area contributed by atoms with E-state index in [1.165, 1.54) is 16.9 Å². The van der Waals surface area contributed by atoms with Gasteiger partial charge in [-0.05, 0) is 42.3 Å². The fraction of sp³-hybridized carbons (Fsp3) is 0.429. The number of methoxy groups -OCH3 is 2. The summed E-state index contributed by atoms with van der Waals surface area (Å²) in [4.78, 5) is 59.4. The Kier molecular flexibility index (Phi) is 10.0. The van der Waals surface area contributed by atoms with Crippen LogP contribution in [0.25, 0.3) is 0 Å². The third-order valence-corrected chi connectivity index (χ3v) is 10.0. The molecule has 4 aliphatic heterocycles. The number of carbonyl (C=O) groups is 4. The molecule has 2 saturated heterocycles. The summed E-state index contributed by atoms with van der Waals surface area (Å²) in [6.07, 6.45) is 3.99. The number of carbonyl (C=O) groups excluding carboxylic acids is 4. The number of esters is 1. The summed E-state index contributed by atoms with van der Waals surface area (Å²) in [5.41, 5.74) is -0.347. The number of amides is 3. The summed E-state index contributed by atoms with van der Waals surface area (Å²) in [7, 11) is 3.04. The number of nitrogens with one attached hydrogen (secondary N) is 1. The number of halogens is 1. The zero-order valence-corrected chi connectivity index (χ0v) is 28.2. The molecule has 0 radical (unpaired) electrons. The highest BCUT2D eigenvalue weighted by Gasteiger charge is 2.75. The van der Waals surface area contributed by atoms with Crippen LogP contribution in [0.4, 0.5) is 5.69 Å². The molecule has 2 N–H and O–H groups in total. The summed E-state index contributed by atoms with van der Waals surface area (Å²) >= 11 is 3.56. The molecule has 1 spiro atoms. The van der Waals surface area contributed by atoms with Crippen LogP contribution in [0.5, 0.6) is 5.75 Å². The third kappa shape index (κ3) is 6.04. The molecular weight excluding hydrogens is 686 g/mol. The fourth-order valence-corrected chi connectivity index (χ4v) is 7.99. The first-order valence-corrected chi connectivity index (χ1v) is 16.6. The minimum atomic E-state index is -1.51. The molecule has 4 heterocycles. The van der Waals surface area contributed by atoms with Gasteiger partial charge < -0.3 is 39.2 Å². The largest absolute Gasteiger partial charge is 0.497 e. The zero-order valence-electron chi connectivity index (χ0n) is 26.6. The molecule has 5 bridgehead atoms. The second-order valence-electron chi connectivity index (χ2n) is 12.1. The maximum atomic E-state index is 14.8. The lowest BCUT2D eigenvalue weighted by atomic mass is 9.74. The van der Waals surface area contributed by atoms with Crippen molar-refractivity contribution in [1.82, 2.24) is 10.2 Å². The predicted octanol–water partition coefficient (Wildman–Crippen LogP) is 2.66. The van der Waals surface area contributed by atoms with Gasteiger partial charge in [-0.15, -0.1) is 0 Å². The van der Waals surface area contributed by atoms with Crippen molar-refractivity contribution in [3.63, 3.8) is 0 Å². The summed E-state index contributed by atoms with van der Waals surface area (Å²) in [5, 5.41) is 13.0. The van der Waals surface area contributed by atoms with Gasteiger partial charge in [0.1, 0.15) is 35.5 Å². The second-order valence-corrected chi connectivity index (χ2v) is 13.1. The number of allylic oxidation sites excluding steroid dienone is 1. The van der Waals surface area contributed by atoms with Crippen LogP contribution in [0.15, 0.2) is 77.3 Å². The first kappa shape index (κ1) is 33.8. The lowest BCUT2D eigenvalue weighted by Crippen LogP contribution is -2.56. The molecule has 48 heavy (non-hydrogen) atoms. The van der Waals surface area contributed by atoms with Crippen LogP contribution in [-0.4, -0.2) is 98.0 Å². The van der Waals surface area contributed by atoms with Gasteiger partial charge in [-0.25, -0.2) is 0 Å². The van der Waals surface area contributed by atoms with Crippen LogP contribution >= 0.6 is 15.9 Å². The number of cyclic esters (lactones) is 1. The minimum Gasteiger partial charge on any atom is -0.497 e. The quantitative estimate of drug-likeness (QED) is 0.326. The van der Waals surface area contributed by atoms with E-state index in [4.69, 9.17) is 18.9 Å². The molecule has 0 aliphatic carbocycles. The van der Waals surface area contributed by atoms with Crippen LogP contribution in [0.2, 0.25) is 0 Å². The Labute approximate surface area is 286 Å². The van der Waals surface area contributed by atoms with Crippen LogP contribution in [0.3, 0.4) is 0 Å². The van der Waals surface area contributed by atoms with Gasteiger partial charge in [0, 0.05) is 36.8 Å². The molecule has 0 unspecified atom stereocenters. The number of hydrogen-bond donors (Lipinski definition) is 2. The molecule has 12 nitrogen and oxygen atoms in total. The average molecular weight is 725 g/mol. The van der Waals surface area contributed by atoms with Gasteiger partial charge in [0.15, 0.2) is 0 Å². The Morgan fingerprint density at radius 3 is 2.44 bits per heavy atom. The number of anilines is 1. The Hall–Kier alpha value is -4.04. The number of ether oxygens (including phenoxy) is 4. The van der Waals surface area contributed by atoms with Crippen molar-refractivity contribution in [3.8, 4) is 5.75 Å². The van der Waals surface area contributed by atoms with Gasteiger partial charge in [-0.1, -0.05) is 58.4 Å². The van der Waals surface area contributed by atoms with Gasteiger partial charge >= 0.3 is 5.97 Å². The second kappa shape index (κ2) is 14.2. The molecule has 13 heteroatoms. The Morgan fingerprint density at radius 1 is 1.00 bits per heavy atom. The number of benzene rings is 2. The molecule has 2 aromatic rings. The highest BCUT2D eigenvalue weighted by Crippen LogP contribution is 2.59. The van der Waals surface area contributed by atoms with Crippen molar-refractivity contribution < 1.29 is 43.2 Å². The first-order chi connectivity index (χ1) is 23.2. The number of nitrogens with zero attached hydrogens (tertiary/aromatic N) is 2. The van der Waals surface area contributed by atoms with E-state index < -0.39 is 66.1 Å². The van der Waals surface area contributed by atoms with Gasteiger partial charge in [0.05, 0.1) is 32.3 Å². The number of aliphatic hydroxyl groups is 1. The number of likely N-dealkylation sites (tertiary alicyclic amines) is 1. The van der Waals surface area contributed by atoms with Crippen molar-refractivity contribution in [2.24, 2.45) is 11.8 Å². The third-order valence-electron chi connectivity index (χ3n) is 9.35. The van der Waals surface area contributed by atoms with E-state index in [2.05, 4.69) is 21.2 Å². The smallest absolute Gasteiger partial charge is 0.313 e. The SMILES string of the molecule is COC[C@@H]1NC(=O)CC/C=C\CN(c2ccc(OC)cc2)C(=O)[C@H]2N(CCO)C(=O)[C@@H]3[C@@H](C(=O)O[C@H]1c1ccccc1)[C@@H]1O[C@@]32C=C1Br. The summed E-state index contributed by atoms with van der Waals surface area (Å²) in [5.74, 6) is -3.56. The molecule has 254 valence electrons. The van der Waals surface area contributed by atoms with Crippen molar-refractivity contribution in [1.29, 1.82) is 0 Å². The van der Waals surface area contributed by atoms with Crippen LogP contribution in [-0.2, 0) is 33.4 Å². The maximum Gasteiger partial charge on any atom is 0.313 e. The number of β-amino-alcohol motifs (C(OH)–C–C–N with tert-alkyl or cyclic N) is 1. The van der Waals surface area contributed by atoms with E-state index >= 15 is 0 Å². The van der Waals surface area contributed by atoms with Crippen molar-refractivity contribution in [2.75, 3.05) is 45.4 Å². The van der Waals surface area contributed by atoms with Crippen LogP contribution in [0.1, 0.15) is 24.5 Å². The van der Waals surface area contributed by atoms with E-state index in [1.54, 1.807) is 67.8 Å². The van der Waals surface area contributed by atoms with Crippen LogP contribution in [0, 0.1) is 11.8 Å². The predicted molar refractivity (Wildman–Crippen MR) is 177 cm³/mol. The maximum absolute atomic E-state index is 14.8.